The summed E-state index contributed by atoms with van der Waals surface area (Å²) in [5, 5.41) is 5.82. The second kappa shape index (κ2) is 6.05. The fraction of sp³-hybridized carbons (Fsp3) is 0.385. The van der Waals surface area contributed by atoms with E-state index in [0.29, 0.717) is 19.0 Å². The SMILES string of the molecule is CCCNC(=O)CCNc1nc2ccccc2o1. The lowest BCUT2D eigenvalue weighted by Gasteiger charge is -2.03. The smallest absolute Gasteiger partial charge is 0.295 e. The molecule has 0 fully saturated rings. The van der Waals surface area contributed by atoms with Crippen molar-refractivity contribution in [3.63, 3.8) is 0 Å². The molecule has 96 valence electrons. The zero-order chi connectivity index (χ0) is 12.8. The topological polar surface area (TPSA) is 67.2 Å². The molecule has 1 aromatic heterocycles. The lowest BCUT2D eigenvalue weighted by Crippen LogP contribution is -2.25. The van der Waals surface area contributed by atoms with Gasteiger partial charge in [-0.25, -0.2) is 0 Å². The standard InChI is InChI=1S/C13H17N3O2/c1-2-8-14-12(17)7-9-15-13-16-10-5-3-4-6-11(10)18-13/h3-6H,2,7-9H2,1H3,(H,14,17)(H,15,16). The van der Waals surface area contributed by atoms with Crippen LogP contribution in [0.2, 0.25) is 0 Å². The van der Waals surface area contributed by atoms with Gasteiger partial charge >= 0.3 is 0 Å². The number of aromatic nitrogens is 1. The summed E-state index contributed by atoms with van der Waals surface area (Å²) >= 11 is 0. The van der Waals surface area contributed by atoms with Gasteiger partial charge in [0, 0.05) is 19.5 Å². The summed E-state index contributed by atoms with van der Waals surface area (Å²) in [6.07, 6.45) is 1.36. The van der Waals surface area contributed by atoms with E-state index in [4.69, 9.17) is 4.42 Å². The van der Waals surface area contributed by atoms with Crippen molar-refractivity contribution < 1.29 is 9.21 Å². The van der Waals surface area contributed by atoms with Crippen molar-refractivity contribution >= 4 is 23.0 Å². The zero-order valence-corrected chi connectivity index (χ0v) is 10.4. The van der Waals surface area contributed by atoms with E-state index >= 15 is 0 Å². The summed E-state index contributed by atoms with van der Waals surface area (Å²) in [7, 11) is 0. The molecule has 0 bridgehead atoms. The number of oxazole rings is 1. The van der Waals surface area contributed by atoms with Crippen LogP contribution in [0.15, 0.2) is 28.7 Å². The van der Waals surface area contributed by atoms with E-state index in [0.717, 1.165) is 24.1 Å². The number of benzene rings is 1. The van der Waals surface area contributed by atoms with Crippen LogP contribution in [0.3, 0.4) is 0 Å². The maximum absolute atomic E-state index is 11.4. The Morgan fingerprint density at radius 3 is 2.94 bits per heavy atom. The van der Waals surface area contributed by atoms with Crippen LogP contribution in [-0.4, -0.2) is 24.0 Å². The molecule has 5 heteroatoms. The number of rotatable bonds is 6. The second-order valence-electron chi connectivity index (χ2n) is 4.01. The van der Waals surface area contributed by atoms with Crippen molar-refractivity contribution in [3.05, 3.63) is 24.3 Å². The number of carbonyl (C=O) groups is 1. The van der Waals surface area contributed by atoms with Gasteiger partial charge in [-0.05, 0) is 18.6 Å². The molecule has 1 aromatic carbocycles. The number of para-hydroxylation sites is 2. The van der Waals surface area contributed by atoms with Gasteiger partial charge in [-0.1, -0.05) is 19.1 Å². The summed E-state index contributed by atoms with van der Waals surface area (Å²) < 4.78 is 5.48. The van der Waals surface area contributed by atoms with Crippen LogP contribution < -0.4 is 10.6 Å². The van der Waals surface area contributed by atoms with Gasteiger partial charge in [-0.2, -0.15) is 4.98 Å². The van der Waals surface area contributed by atoms with Gasteiger partial charge in [0.05, 0.1) is 0 Å². The van der Waals surface area contributed by atoms with Gasteiger partial charge in [0.1, 0.15) is 5.52 Å². The molecular weight excluding hydrogens is 230 g/mol. The van der Waals surface area contributed by atoms with E-state index < -0.39 is 0 Å². The first kappa shape index (κ1) is 12.4. The number of nitrogens with zero attached hydrogens (tertiary/aromatic N) is 1. The van der Waals surface area contributed by atoms with Gasteiger partial charge < -0.3 is 15.1 Å². The van der Waals surface area contributed by atoms with Gasteiger partial charge in [0.2, 0.25) is 5.91 Å². The van der Waals surface area contributed by atoms with Crippen LogP contribution in [0, 0.1) is 0 Å². The molecule has 0 radical (unpaired) electrons. The minimum Gasteiger partial charge on any atom is -0.424 e. The highest BCUT2D eigenvalue weighted by Crippen LogP contribution is 2.17. The fourth-order valence-electron chi connectivity index (χ4n) is 1.58. The molecule has 5 nitrogen and oxygen atoms in total. The molecule has 0 saturated heterocycles. The third-order valence-electron chi connectivity index (χ3n) is 2.49. The average molecular weight is 247 g/mol. The highest BCUT2D eigenvalue weighted by atomic mass is 16.4. The summed E-state index contributed by atoms with van der Waals surface area (Å²) in [6.45, 7) is 3.26. The largest absolute Gasteiger partial charge is 0.424 e. The Balaban J connectivity index is 1.81. The van der Waals surface area contributed by atoms with Crippen LogP contribution in [-0.2, 0) is 4.79 Å². The molecule has 18 heavy (non-hydrogen) atoms. The Kier molecular flexibility index (Phi) is 4.17. The minimum absolute atomic E-state index is 0.0421. The summed E-state index contributed by atoms with van der Waals surface area (Å²) in [6, 6.07) is 8.02. The molecule has 0 saturated carbocycles. The Morgan fingerprint density at radius 1 is 1.33 bits per heavy atom. The monoisotopic (exact) mass is 247 g/mol. The van der Waals surface area contributed by atoms with Crippen molar-refractivity contribution in [1.82, 2.24) is 10.3 Å². The number of nitrogens with one attached hydrogen (secondary N) is 2. The molecule has 0 spiro atoms. The number of hydrogen-bond donors (Lipinski definition) is 2. The Bertz CT molecular complexity index is 489. The van der Waals surface area contributed by atoms with E-state index in [1.807, 2.05) is 31.2 Å². The van der Waals surface area contributed by atoms with Crippen molar-refractivity contribution in [2.45, 2.75) is 19.8 Å². The summed E-state index contributed by atoms with van der Waals surface area (Å²) in [5.74, 6) is 0.0421. The van der Waals surface area contributed by atoms with Crippen molar-refractivity contribution in [1.29, 1.82) is 0 Å². The van der Waals surface area contributed by atoms with E-state index in [2.05, 4.69) is 15.6 Å². The zero-order valence-electron chi connectivity index (χ0n) is 10.4. The maximum Gasteiger partial charge on any atom is 0.295 e. The Morgan fingerprint density at radius 2 is 2.17 bits per heavy atom. The molecular formula is C13H17N3O2. The second-order valence-corrected chi connectivity index (χ2v) is 4.01. The molecule has 2 aromatic rings. The average Bonchev–Trinajstić information content (AvgIpc) is 2.79. The van der Waals surface area contributed by atoms with Gasteiger partial charge in [0.25, 0.3) is 6.01 Å². The molecule has 1 amide bonds. The number of fused-ring (bicyclic) bond motifs is 1. The van der Waals surface area contributed by atoms with Gasteiger partial charge in [-0.15, -0.1) is 0 Å². The first-order valence-corrected chi connectivity index (χ1v) is 6.15. The fourth-order valence-corrected chi connectivity index (χ4v) is 1.58. The first-order chi connectivity index (χ1) is 8.79. The third-order valence-corrected chi connectivity index (χ3v) is 2.49. The normalized spacial score (nSPS) is 10.5. The Labute approximate surface area is 106 Å². The van der Waals surface area contributed by atoms with Crippen molar-refractivity contribution in [3.8, 4) is 0 Å². The Hall–Kier alpha value is -2.04. The van der Waals surface area contributed by atoms with Crippen LogP contribution in [0.4, 0.5) is 6.01 Å². The lowest BCUT2D eigenvalue weighted by molar-refractivity contribution is -0.120. The highest BCUT2D eigenvalue weighted by molar-refractivity contribution is 5.76. The highest BCUT2D eigenvalue weighted by Gasteiger charge is 2.05. The number of anilines is 1. The quantitative estimate of drug-likeness (QED) is 0.820. The molecule has 1 heterocycles. The van der Waals surface area contributed by atoms with Crippen LogP contribution in [0.25, 0.3) is 11.1 Å². The number of amides is 1. The molecule has 0 aliphatic carbocycles. The van der Waals surface area contributed by atoms with Gasteiger partial charge in [0.15, 0.2) is 5.58 Å². The lowest BCUT2D eigenvalue weighted by atomic mass is 10.3. The van der Waals surface area contributed by atoms with Crippen LogP contribution >= 0.6 is 0 Å². The molecule has 0 atom stereocenters. The predicted octanol–water partition coefficient (Wildman–Crippen LogP) is 2.16. The van der Waals surface area contributed by atoms with Crippen LogP contribution in [0.5, 0.6) is 0 Å². The van der Waals surface area contributed by atoms with Crippen LogP contribution in [0.1, 0.15) is 19.8 Å². The van der Waals surface area contributed by atoms with Gasteiger partial charge in [-0.3, -0.25) is 4.79 Å². The summed E-state index contributed by atoms with van der Waals surface area (Å²) in [4.78, 5) is 15.6. The van der Waals surface area contributed by atoms with E-state index in [-0.39, 0.29) is 5.91 Å². The van der Waals surface area contributed by atoms with Crippen molar-refractivity contribution in [2.24, 2.45) is 0 Å². The maximum atomic E-state index is 11.4. The molecule has 0 aliphatic heterocycles. The van der Waals surface area contributed by atoms with E-state index in [9.17, 15) is 4.79 Å². The third kappa shape index (κ3) is 3.23. The van der Waals surface area contributed by atoms with E-state index in [1.54, 1.807) is 0 Å². The summed E-state index contributed by atoms with van der Waals surface area (Å²) in [5.41, 5.74) is 1.56. The molecule has 2 N–H and O–H groups in total. The number of hydrogen-bond acceptors (Lipinski definition) is 4. The molecule has 0 aliphatic rings. The van der Waals surface area contributed by atoms with Crippen molar-refractivity contribution in [2.75, 3.05) is 18.4 Å². The first-order valence-electron chi connectivity index (χ1n) is 6.15. The van der Waals surface area contributed by atoms with E-state index in [1.165, 1.54) is 0 Å². The number of carbonyl (C=O) groups excluding carboxylic acids is 1. The minimum atomic E-state index is 0.0421. The molecule has 2 rings (SSSR count). The predicted molar refractivity (Wildman–Crippen MR) is 70.4 cm³/mol. The molecule has 0 unspecified atom stereocenters.